The minimum Gasteiger partial charge on any atom is -0.278 e. The maximum atomic E-state index is 5.08. The van der Waals surface area contributed by atoms with E-state index < -0.39 is 0 Å². The summed E-state index contributed by atoms with van der Waals surface area (Å²) in [7, 11) is 0. The standard InChI is InChI=1S/C42H27N7/c1-4-14-28(15-5-1)29-24-26-32(27-25-29)38-43-37(30-16-6-2-7-17-30)44-40(45-38)41-46-39(31-18-8-3-9-19-31)47-42(48-41)49-35-22-12-10-20-33(35)34-21-11-13-23-36(34)49/h1-27H. The lowest BCUT2D eigenvalue weighted by molar-refractivity contribution is 0.934. The van der Waals surface area contributed by atoms with Gasteiger partial charge in [-0.25, -0.2) is 19.9 Å². The molecule has 3 heterocycles. The molecule has 3 aromatic heterocycles. The summed E-state index contributed by atoms with van der Waals surface area (Å²) >= 11 is 0. The minimum absolute atomic E-state index is 0.354. The van der Waals surface area contributed by atoms with E-state index in [1.54, 1.807) is 0 Å². The third kappa shape index (κ3) is 5.29. The summed E-state index contributed by atoms with van der Waals surface area (Å²) in [4.78, 5) is 30.0. The van der Waals surface area contributed by atoms with Gasteiger partial charge in [-0.05, 0) is 23.3 Å². The van der Waals surface area contributed by atoms with E-state index >= 15 is 0 Å². The first-order valence-corrected chi connectivity index (χ1v) is 16.1. The van der Waals surface area contributed by atoms with E-state index in [0.717, 1.165) is 49.6 Å². The number of rotatable bonds is 6. The molecule has 0 aliphatic rings. The lowest BCUT2D eigenvalue weighted by Crippen LogP contribution is -2.09. The zero-order chi connectivity index (χ0) is 32.6. The van der Waals surface area contributed by atoms with Crippen LogP contribution in [0, 0.1) is 0 Å². The molecule has 0 saturated carbocycles. The number of nitrogens with zero attached hydrogens (tertiary/aromatic N) is 7. The summed E-state index contributed by atoms with van der Waals surface area (Å²) < 4.78 is 2.09. The number of fused-ring (bicyclic) bond motifs is 3. The van der Waals surface area contributed by atoms with Crippen molar-refractivity contribution in [1.82, 2.24) is 34.5 Å². The number of hydrogen-bond acceptors (Lipinski definition) is 6. The Bertz CT molecular complexity index is 2530. The highest BCUT2D eigenvalue weighted by atomic mass is 15.2. The van der Waals surface area contributed by atoms with Gasteiger partial charge in [0.15, 0.2) is 17.5 Å². The normalized spacial score (nSPS) is 11.3. The Morgan fingerprint density at radius 2 is 0.592 bits per heavy atom. The van der Waals surface area contributed by atoms with E-state index in [4.69, 9.17) is 29.9 Å². The quantitative estimate of drug-likeness (QED) is 0.182. The van der Waals surface area contributed by atoms with Crippen molar-refractivity contribution in [3.05, 3.63) is 164 Å². The molecule has 9 rings (SSSR count). The second kappa shape index (κ2) is 12.1. The molecule has 0 amide bonds. The monoisotopic (exact) mass is 629 g/mol. The summed E-state index contributed by atoms with van der Waals surface area (Å²) in [6.45, 7) is 0. The molecule has 6 aromatic carbocycles. The molecule has 230 valence electrons. The van der Waals surface area contributed by atoms with Crippen molar-refractivity contribution >= 4 is 21.8 Å². The average molecular weight is 630 g/mol. The van der Waals surface area contributed by atoms with Gasteiger partial charge in [0, 0.05) is 27.5 Å². The van der Waals surface area contributed by atoms with E-state index in [0.29, 0.717) is 35.1 Å². The maximum Gasteiger partial charge on any atom is 0.238 e. The zero-order valence-electron chi connectivity index (χ0n) is 26.2. The van der Waals surface area contributed by atoms with Crippen molar-refractivity contribution in [1.29, 1.82) is 0 Å². The molecule has 0 atom stereocenters. The summed E-state index contributed by atoms with van der Waals surface area (Å²) in [5, 5.41) is 2.24. The van der Waals surface area contributed by atoms with Gasteiger partial charge in [-0.1, -0.05) is 152 Å². The molecule has 0 saturated heterocycles. The Kier molecular flexibility index (Phi) is 6.98. The molecule has 0 radical (unpaired) electrons. The number of hydrogen-bond donors (Lipinski definition) is 0. The second-order valence-electron chi connectivity index (χ2n) is 11.6. The van der Waals surface area contributed by atoms with Crippen molar-refractivity contribution in [2.45, 2.75) is 0 Å². The fraction of sp³-hybridized carbons (Fsp3) is 0. The van der Waals surface area contributed by atoms with Gasteiger partial charge in [-0.3, -0.25) is 4.57 Å². The molecule has 49 heavy (non-hydrogen) atoms. The van der Waals surface area contributed by atoms with Crippen LogP contribution >= 0.6 is 0 Å². The van der Waals surface area contributed by atoms with E-state index in [1.165, 1.54) is 0 Å². The summed E-state index contributed by atoms with van der Waals surface area (Å²) in [6, 6.07) is 55.0. The molecule has 0 unspecified atom stereocenters. The zero-order valence-corrected chi connectivity index (χ0v) is 26.2. The van der Waals surface area contributed by atoms with Crippen LogP contribution in [-0.4, -0.2) is 34.5 Å². The van der Waals surface area contributed by atoms with Gasteiger partial charge in [0.25, 0.3) is 0 Å². The number of benzene rings is 6. The molecule has 0 spiro atoms. The fourth-order valence-electron chi connectivity index (χ4n) is 6.18. The first-order chi connectivity index (χ1) is 24.3. The molecular formula is C42H27N7. The first-order valence-electron chi connectivity index (χ1n) is 16.1. The molecule has 0 aliphatic carbocycles. The Morgan fingerprint density at radius 3 is 1.12 bits per heavy atom. The van der Waals surface area contributed by atoms with Crippen LogP contribution in [0.2, 0.25) is 0 Å². The average Bonchev–Trinajstić information content (AvgIpc) is 3.53. The van der Waals surface area contributed by atoms with Crippen molar-refractivity contribution in [3.63, 3.8) is 0 Å². The van der Waals surface area contributed by atoms with Crippen LogP contribution in [0.15, 0.2) is 164 Å². The van der Waals surface area contributed by atoms with Gasteiger partial charge in [-0.2, -0.15) is 9.97 Å². The molecule has 7 heteroatoms. The molecule has 7 nitrogen and oxygen atoms in total. The Balaban J connectivity index is 1.27. The van der Waals surface area contributed by atoms with Crippen molar-refractivity contribution in [2.24, 2.45) is 0 Å². The van der Waals surface area contributed by atoms with Crippen molar-refractivity contribution < 1.29 is 0 Å². The molecule has 0 bridgehead atoms. The lowest BCUT2D eigenvalue weighted by Gasteiger charge is -2.12. The van der Waals surface area contributed by atoms with Gasteiger partial charge < -0.3 is 0 Å². The lowest BCUT2D eigenvalue weighted by atomic mass is 10.0. The van der Waals surface area contributed by atoms with Crippen molar-refractivity contribution in [2.75, 3.05) is 0 Å². The van der Waals surface area contributed by atoms with Crippen molar-refractivity contribution in [3.8, 4) is 62.9 Å². The second-order valence-corrected chi connectivity index (χ2v) is 11.6. The highest BCUT2D eigenvalue weighted by molar-refractivity contribution is 6.09. The predicted octanol–water partition coefficient (Wildman–Crippen LogP) is 9.49. The molecular weight excluding hydrogens is 603 g/mol. The summed E-state index contributed by atoms with van der Waals surface area (Å²) in [5.74, 6) is 2.79. The SMILES string of the molecule is c1ccc(-c2ccc(-c3nc(-c4ccccc4)nc(-c4nc(-c5ccccc5)nc(-n5c6ccccc6c6ccccc65)n4)n3)cc2)cc1. The van der Waals surface area contributed by atoms with Crippen LogP contribution in [0.4, 0.5) is 0 Å². The van der Waals surface area contributed by atoms with E-state index in [1.807, 2.05) is 103 Å². The molecule has 9 aromatic rings. The van der Waals surface area contributed by atoms with Crippen LogP contribution in [0.5, 0.6) is 0 Å². The van der Waals surface area contributed by atoms with Crippen LogP contribution in [0.3, 0.4) is 0 Å². The smallest absolute Gasteiger partial charge is 0.238 e. The van der Waals surface area contributed by atoms with Gasteiger partial charge >= 0.3 is 0 Å². The van der Waals surface area contributed by atoms with Gasteiger partial charge in [-0.15, -0.1) is 0 Å². The van der Waals surface area contributed by atoms with E-state index in [-0.39, 0.29) is 0 Å². The highest BCUT2D eigenvalue weighted by Gasteiger charge is 2.20. The van der Waals surface area contributed by atoms with Gasteiger partial charge in [0.05, 0.1) is 11.0 Å². The third-order valence-corrected chi connectivity index (χ3v) is 8.55. The summed E-state index contributed by atoms with van der Waals surface area (Å²) in [5.41, 5.74) is 6.85. The van der Waals surface area contributed by atoms with Crippen LogP contribution in [0.25, 0.3) is 84.7 Å². The predicted molar refractivity (Wildman–Crippen MR) is 195 cm³/mol. The number of para-hydroxylation sites is 2. The van der Waals surface area contributed by atoms with Gasteiger partial charge in [0.2, 0.25) is 17.6 Å². The molecule has 0 N–H and O–H groups in total. The fourth-order valence-corrected chi connectivity index (χ4v) is 6.18. The first kappa shape index (κ1) is 28.4. The van der Waals surface area contributed by atoms with E-state index in [9.17, 15) is 0 Å². The maximum absolute atomic E-state index is 5.08. The minimum atomic E-state index is 0.354. The summed E-state index contributed by atoms with van der Waals surface area (Å²) in [6.07, 6.45) is 0. The van der Waals surface area contributed by atoms with Crippen LogP contribution in [0.1, 0.15) is 0 Å². The van der Waals surface area contributed by atoms with Crippen LogP contribution in [-0.2, 0) is 0 Å². The third-order valence-electron chi connectivity index (χ3n) is 8.55. The Hall–Kier alpha value is -6.86. The molecule has 0 fully saturated rings. The largest absolute Gasteiger partial charge is 0.278 e. The highest BCUT2D eigenvalue weighted by Crippen LogP contribution is 2.32. The Morgan fingerprint density at radius 1 is 0.265 bits per heavy atom. The van der Waals surface area contributed by atoms with Gasteiger partial charge in [0.1, 0.15) is 0 Å². The number of aromatic nitrogens is 7. The topological polar surface area (TPSA) is 82.3 Å². The van der Waals surface area contributed by atoms with Crippen LogP contribution < -0.4 is 0 Å². The molecule has 0 aliphatic heterocycles. The Labute approximate surface area is 282 Å². The van der Waals surface area contributed by atoms with E-state index in [2.05, 4.69) is 65.2 Å².